The molecule has 112 valence electrons. The van der Waals surface area contributed by atoms with Crippen LogP contribution < -0.4 is 10.5 Å². The van der Waals surface area contributed by atoms with Crippen molar-refractivity contribution >= 4 is 5.69 Å². The van der Waals surface area contributed by atoms with E-state index < -0.39 is 6.10 Å². The number of aliphatic hydroxyl groups is 1. The monoisotopic (exact) mass is 285 g/mol. The Morgan fingerprint density at radius 1 is 1.10 bits per heavy atom. The first-order chi connectivity index (χ1) is 9.97. The van der Waals surface area contributed by atoms with Gasteiger partial charge >= 0.3 is 0 Å². The Morgan fingerprint density at radius 2 is 1.76 bits per heavy atom. The van der Waals surface area contributed by atoms with Gasteiger partial charge in [0.2, 0.25) is 0 Å². The lowest BCUT2D eigenvalue weighted by molar-refractivity contribution is 0.108. The molecule has 0 aliphatic carbocycles. The third-order valence-electron chi connectivity index (χ3n) is 3.59. The molecule has 2 aromatic rings. The summed E-state index contributed by atoms with van der Waals surface area (Å²) in [6.07, 6.45) is -0.657. The maximum Gasteiger partial charge on any atom is 0.119 e. The van der Waals surface area contributed by atoms with Crippen molar-refractivity contribution in [1.82, 2.24) is 0 Å². The number of benzene rings is 2. The molecule has 2 aromatic carbocycles. The molecular formula is C18H23NO2. The summed E-state index contributed by atoms with van der Waals surface area (Å²) in [6.45, 7) is 6.66. The number of nitrogen functional groups attached to an aromatic ring is 1. The lowest BCUT2D eigenvalue weighted by Gasteiger charge is -2.15. The van der Waals surface area contributed by atoms with Gasteiger partial charge in [0.15, 0.2) is 0 Å². The summed E-state index contributed by atoms with van der Waals surface area (Å²) in [5, 5.41) is 10.1. The average Bonchev–Trinajstić information content (AvgIpc) is 2.45. The maximum atomic E-state index is 10.1. The van der Waals surface area contributed by atoms with Gasteiger partial charge in [-0.25, -0.2) is 0 Å². The molecule has 0 radical (unpaired) electrons. The minimum Gasteiger partial charge on any atom is -0.491 e. The van der Waals surface area contributed by atoms with Crippen molar-refractivity contribution in [3.8, 4) is 5.75 Å². The van der Waals surface area contributed by atoms with Crippen LogP contribution in [0.2, 0.25) is 0 Å². The smallest absolute Gasteiger partial charge is 0.119 e. The van der Waals surface area contributed by atoms with Crippen LogP contribution in [0.25, 0.3) is 0 Å². The Kier molecular flexibility index (Phi) is 4.86. The van der Waals surface area contributed by atoms with Crippen LogP contribution in [0.3, 0.4) is 0 Å². The van der Waals surface area contributed by atoms with Gasteiger partial charge in [0, 0.05) is 5.69 Å². The van der Waals surface area contributed by atoms with Crippen molar-refractivity contribution in [2.75, 3.05) is 12.3 Å². The highest BCUT2D eigenvalue weighted by Gasteiger charge is 2.09. The normalized spacial score (nSPS) is 12.4. The van der Waals surface area contributed by atoms with E-state index in [1.54, 1.807) is 12.1 Å². The first kappa shape index (κ1) is 15.4. The first-order valence-corrected chi connectivity index (χ1v) is 7.24. The van der Waals surface area contributed by atoms with Gasteiger partial charge in [-0.05, 0) is 53.8 Å². The van der Waals surface area contributed by atoms with Crippen LogP contribution in [-0.4, -0.2) is 11.7 Å². The second-order valence-corrected chi connectivity index (χ2v) is 5.67. The fraction of sp³-hybridized carbons (Fsp3) is 0.333. The number of aliphatic hydroxyl groups excluding tert-OH is 1. The molecule has 0 aliphatic rings. The van der Waals surface area contributed by atoms with E-state index in [1.165, 1.54) is 11.1 Å². The summed E-state index contributed by atoms with van der Waals surface area (Å²) in [5.41, 5.74) is 9.66. The van der Waals surface area contributed by atoms with Gasteiger partial charge in [0.05, 0.1) is 0 Å². The van der Waals surface area contributed by atoms with Crippen LogP contribution >= 0.6 is 0 Å². The molecule has 21 heavy (non-hydrogen) atoms. The lowest BCUT2D eigenvalue weighted by atomic mass is 9.98. The molecule has 3 heteroatoms. The van der Waals surface area contributed by atoms with E-state index in [9.17, 15) is 5.11 Å². The summed E-state index contributed by atoms with van der Waals surface area (Å²) >= 11 is 0. The Balaban J connectivity index is 1.99. The summed E-state index contributed by atoms with van der Waals surface area (Å²) in [4.78, 5) is 0. The van der Waals surface area contributed by atoms with E-state index >= 15 is 0 Å². The van der Waals surface area contributed by atoms with Crippen molar-refractivity contribution in [1.29, 1.82) is 0 Å². The molecule has 3 nitrogen and oxygen atoms in total. The van der Waals surface area contributed by atoms with E-state index in [-0.39, 0.29) is 6.61 Å². The number of hydrogen-bond acceptors (Lipinski definition) is 3. The van der Waals surface area contributed by atoms with Crippen molar-refractivity contribution in [3.05, 3.63) is 59.2 Å². The molecule has 0 saturated heterocycles. The SMILES string of the molecule is Cc1cc(OCC(O)c2ccc(N)cc2)ccc1C(C)C. The molecule has 0 heterocycles. The van der Waals surface area contributed by atoms with Gasteiger partial charge in [0.25, 0.3) is 0 Å². The molecular weight excluding hydrogens is 262 g/mol. The number of aryl methyl sites for hydroxylation is 1. The van der Waals surface area contributed by atoms with Gasteiger partial charge in [-0.15, -0.1) is 0 Å². The Morgan fingerprint density at radius 3 is 2.33 bits per heavy atom. The predicted molar refractivity (Wildman–Crippen MR) is 86.6 cm³/mol. The number of anilines is 1. The Hall–Kier alpha value is -2.00. The van der Waals surface area contributed by atoms with E-state index in [0.717, 1.165) is 11.3 Å². The zero-order valence-corrected chi connectivity index (χ0v) is 12.8. The van der Waals surface area contributed by atoms with Crippen LogP contribution in [0, 0.1) is 6.92 Å². The maximum absolute atomic E-state index is 10.1. The number of ether oxygens (including phenoxy) is 1. The van der Waals surface area contributed by atoms with Crippen molar-refractivity contribution in [2.24, 2.45) is 0 Å². The van der Waals surface area contributed by atoms with E-state index in [4.69, 9.17) is 10.5 Å². The molecule has 2 rings (SSSR count). The highest BCUT2D eigenvalue weighted by atomic mass is 16.5. The van der Waals surface area contributed by atoms with Gasteiger partial charge in [-0.3, -0.25) is 0 Å². The minimum absolute atomic E-state index is 0.227. The summed E-state index contributed by atoms with van der Waals surface area (Å²) in [6, 6.07) is 13.3. The summed E-state index contributed by atoms with van der Waals surface area (Å²) < 4.78 is 5.69. The summed E-state index contributed by atoms with van der Waals surface area (Å²) in [5.74, 6) is 1.28. The highest BCUT2D eigenvalue weighted by Crippen LogP contribution is 2.24. The fourth-order valence-corrected chi connectivity index (χ4v) is 2.38. The van der Waals surface area contributed by atoms with Gasteiger partial charge < -0.3 is 15.6 Å². The standard InChI is InChI=1S/C18H23NO2/c1-12(2)17-9-8-16(10-13(17)3)21-11-18(20)14-4-6-15(19)7-5-14/h4-10,12,18,20H,11,19H2,1-3H3. The largest absolute Gasteiger partial charge is 0.491 e. The molecule has 0 aliphatic heterocycles. The van der Waals surface area contributed by atoms with E-state index in [0.29, 0.717) is 11.6 Å². The molecule has 1 unspecified atom stereocenters. The molecule has 1 atom stereocenters. The quantitative estimate of drug-likeness (QED) is 0.821. The zero-order chi connectivity index (χ0) is 15.4. The lowest BCUT2D eigenvalue weighted by Crippen LogP contribution is -2.10. The van der Waals surface area contributed by atoms with Crippen LogP contribution in [-0.2, 0) is 0 Å². The van der Waals surface area contributed by atoms with E-state index in [2.05, 4.69) is 26.8 Å². The number of hydrogen-bond donors (Lipinski definition) is 2. The minimum atomic E-state index is -0.657. The number of nitrogens with two attached hydrogens (primary N) is 1. The second-order valence-electron chi connectivity index (χ2n) is 5.67. The topological polar surface area (TPSA) is 55.5 Å². The van der Waals surface area contributed by atoms with Crippen LogP contribution in [0.1, 0.15) is 42.6 Å². The number of rotatable bonds is 5. The van der Waals surface area contributed by atoms with Crippen molar-refractivity contribution in [2.45, 2.75) is 32.8 Å². The Bertz CT molecular complexity index is 591. The van der Waals surface area contributed by atoms with Crippen molar-refractivity contribution in [3.63, 3.8) is 0 Å². The third kappa shape index (κ3) is 3.99. The zero-order valence-electron chi connectivity index (χ0n) is 12.8. The van der Waals surface area contributed by atoms with Gasteiger partial charge in [-0.2, -0.15) is 0 Å². The molecule has 0 saturated carbocycles. The second kappa shape index (κ2) is 6.64. The molecule has 3 N–H and O–H groups in total. The first-order valence-electron chi connectivity index (χ1n) is 7.24. The van der Waals surface area contributed by atoms with Crippen molar-refractivity contribution < 1.29 is 9.84 Å². The fourth-order valence-electron chi connectivity index (χ4n) is 2.38. The highest BCUT2D eigenvalue weighted by molar-refractivity contribution is 5.40. The predicted octanol–water partition coefficient (Wildman–Crippen LogP) is 3.81. The summed E-state index contributed by atoms with van der Waals surface area (Å²) in [7, 11) is 0. The molecule has 0 fully saturated rings. The van der Waals surface area contributed by atoms with Gasteiger partial charge in [-0.1, -0.05) is 32.0 Å². The van der Waals surface area contributed by atoms with Crippen LogP contribution in [0.15, 0.2) is 42.5 Å². The van der Waals surface area contributed by atoms with Crippen LogP contribution in [0.5, 0.6) is 5.75 Å². The molecule has 0 amide bonds. The van der Waals surface area contributed by atoms with E-state index in [1.807, 2.05) is 24.3 Å². The molecule has 0 aromatic heterocycles. The average molecular weight is 285 g/mol. The molecule has 0 spiro atoms. The molecule has 0 bridgehead atoms. The van der Waals surface area contributed by atoms with Crippen LogP contribution in [0.4, 0.5) is 5.69 Å². The van der Waals surface area contributed by atoms with Gasteiger partial charge in [0.1, 0.15) is 18.5 Å². The Labute approximate surface area is 126 Å². The third-order valence-corrected chi connectivity index (χ3v) is 3.59.